The highest BCUT2D eigenvalue weighted by Gasteiger charge is 2.23. The van der Waals surface area contributed by atoms with Crippen LogP contribution in [0.5, 0.6) is 0 Å². The fourth-order valence-electron chi connectivity index (χ4n) is 2.42. The van der Waals surface area contributed by atoms with Crippen molar-refractivity contribution in [2.75, 3.05) is 0 Å². The fraction of sp³-hybridized carbons (Fsp3) is 0.467. The van der Waals surface area contributed by atoms with Crippen LogP contribution >= 0.6 is 0 Å². The van der Waals surface area contributed by atoms with Crippen molar-refractivity contribution in [1.82, 2.24) is 5.32 Å². The molecule has 0 saturated heterocycles. The molecular weight excluding hydrogens is 224 g/mol. The molecule has 0 aliphatic heterocycles. The minimum Gasteiger partial charge on any atom is -0.352 e. The standard InChI is InChI=1S/C15H18N2O/c16-11-13(10-12-6-2-1-3-7-12)15(18)17-14-8-4-5-9-14/h1-3,6-7,13-14H,4-5,8-10H2,(H,17,18). The summed E-state index contributed by atoms with van der Waals surface area (Å²) in [5.41, 5.74) is 1.03. The van der Waals surface area contributed by atoms with Crippen LogP contribution in [0, 0.1) is 17.2 Å². The van der Waals surface area contributed by atoms with Crippen LogP contribution in [0.1, 0.15) is 31.2 Å². The molecule has 3 heteroatoms. The molecule has 1 fully saturated rings. The van der Waals surface area contributed by atoms with Gasteiger partial charge in [0.05, 0.1) is 6.07 Å². The van der Waals surface area contributed by atoms with Gasteiger partial charge < -0.3 is 5.32 Å². The lowest BCUT2D eigenvalue weighted by molar-refractivity contribution is -0.124. The van der Waals surface area contributed by atoms with Crippen molar-refractivity contribution in [2.45, 2.75) is 38.1 Å². The molecule has 1 atom stereocenters. The summed E-state index contributed by atoms with van der Waals surface area (Å²) in [5, 5.41) is 12.1. The molecule has 0 spiro atoms. The molecule has 1 aromatic rings. The lowest BCUT2D eigenvalue weighted by Crippen LogP contribution is -2.37. The summed E-state index contributed by atoms with van der Waals surface area (Å²) in [6.45, 7) is 0. The number of nitrogens with zero attached hydrogens (tertiary/aromatic N) is 1. The Morgan fingerprint density at radius 1 is 1.33 bits per heavy atom. The fourth-order valence-corrected chi connectivity index (χ4v) is 2.42. The van der Waals surface area contributed by atoms with Gasteiger partial charge in [0.2, 0.25) is 5.91 Å². The summed E-state index contributed by atoms with van der Waals surface area (Å²) in [5.74, 6) is -0.693. The zero-order chi connectivity index (χ0) is 12.8. The summed E-state index contributed by atoms with van der Waals surface area (Å²) < 4.78 is 0. The van der Waals surface area contributed by atoms with Crippen molar-refractivity contribution in [3.8, 4) is 6.07 Å². The molecule has 1 N–H and O–H groups in total. The first kappa shape index (κ1) is 12.6. The van der Waals surface area contributed by atoms with E-state index in [9.17, 15) is 4.79 Å². The number of benzene rings is 1. The van der Waals surface area contributed by atoms with Crippen molar-refractivity contribution in [1.29, 1.82) is 5.26 Å². The SMILES string of the molecule is N#CC(Cc1ccccc1)C(=O)NC1CCCC1. The van der Waals surface area contributed by atoms with Crippen molar-refractivity contribution in [3.63, 3.8) is 0 Å². The van der Waals surface area contributed by atoms with Gasteiger partial charge in [-0.25, -0.2) is 0 Å². The number of carbonyl (C=O) groups is 1. The zero-order valence-corrected chi connectivity index (χ0v) is 10.4. The third kappa shape index (κ3) is 3.33. The van der Waals surface area contributed by atoms with E-state index in [1.165, 1.54) is 12.8 Å². The van der Waals surface area contributed by atoms with Gasteiger partial charge in [0.1, 0.15) is 5.92 Å². The Kier molecular flexibility index (Phi) is 4.35. The van der Waals surface area contributed by atoms with E-state index in [2.05, 4.69) is 11.4 Å². The normalized spacial score (nSPS) is 17.1. The van der Waals surface area contributed by atoms with Gasteiger partial charge in [-0.1, -0.05) is 43.2 Å². The Balaban J connectivity index is 1.92. The first-order chi connectivity index (χ1) is 8.79. The van der Waals surface area contributed by atoms with Gasteiger partial charge in [-0.3, -0.25) is 4.79 Å². The Hall–Kier alpha value is -1.82. The van der Waals surface area contributed by atoms with Crippen molar-refractivity contribution in [2.24, 2.45) is 5.92 Å². The van der Waals surface area contributed by atoms with Crippen molar-refractivity contribution < 1.29 is 4.79 Å². The summed E-state index contributed by atoms with van der Waals surface area (Å²) in [6, 6.07) is 12.1. The van der Waals surface area contributed by atoms with Crippen LogP contribution in [0.25, 0.3) is 0 Å². The molecule has 1 aromatic carbocycles. The van der Waals surface area contributed by atoms with E-state index in [0.717, 1.165) is 18.4 Å². The molecule has 0 heterocycles. The van der Waals surface area contributed by atoms with E-state index < -0.39 is 5.92 Å². The van der Waals surface area contributed by atoms with Gasteiger partial charge >= 0.3 is 0 Å². The number of carbonyl (C=O) groups excluding carboxylic acids is 1. The van der Waals surface area contributed by atoms with E-state index in [1.807, 2.05) is 30.3 Å². The van der Waals surface area contributed by atoms with E-state index in [-0.39, 0.29) is 11.9 Å². The molecule has 1 aliphatic carbocycles. The average Bonchev–Trinajstić information content (AvgIpc) is 2.90. The highest BCUT2D eigenvalue weighted by molar-refractivity contribution is 5.81. The quantitative estimate of drug-likeness (QED) is 0.881. The van der Waals surface area contributed by atoms with Crippen LogP contribution in [0.2, 0.25) is 0 Å². The summed E-state index contributed by atoms with van der Waals surface area (Å²) in [6.07, 6.45) is 4.96. The number of amides is 1. The summed E-state index contributed by atoms with van der Waals surface area (Å²) in [4.78, 5) is 12.0. The molecule has 0 radical (unpaired) electrons. The molecule has 0 aromatic heterocycles. The molecule has 18 heavy (non-hydrogen) atoms. The maximum Gasteiger partial charge on any atom is 0.237 e. The van der Waals surface area contributed by atoms with Crippen LogP contribution in [-0.4, -0.2) is 11.9 Å². The monoisotopic (exact) mass is 242 g/mol. The van der Waals surface area contributed by atoms with Gasteiger partial charge in [0.15, 0.2) is 0 Å². The van der Waals surface area contributed by atoms with Gasteiger partial charge in [-0.15, -0.1) is 0 Å². The minimum absolute atomic E-state index is 0.117. The topological polar surface area (TPSA) is 52.9 Å². The predicted molar refractivity (Wildman–Crippen MR) is 69.6 cm³/mol. The molecule has 1 aliphatic rings. The molecule has 0 bridgehead atoms. The number of hydrogen-bond acceptors (Lipinski definition) is 2. The Morgan fingerprint density at radius 3 is 2.61 bits per heavy atom. The zero-order valence-electron chi connectivity index (χ0n) is 10.4. The van der Waals surface area contributed by atoms with E-state index in [1.54, 1.807) is 0 Å². The summed E-state index contributed by atoms with van der Waals surface area (Å²) >= 11 is 0. The molecule has 3 nitrogen and oxygen atoms in total. The number of rotatable bonds is 4. The maximum absolute atomic E-state index is 12.0. The predicted octanol–water partition coefficient (Wildman–Crippen LogP) is 2.43. The third-order valence-corrected chi connectivity index (χ3v) is 3.46. The lowest BCUT2D eigenvalue weighted by atomic mass is 9.99. The highest BCUT2D eigenvalue weighted by atomic mass is 16.1. The molecule has 1 unspecified atom stereocenters. The van der Waals surface area contributed by atoms with E-state index in [0.29, 0.717) is 6.42 Å². The van der Waals surface area contributed by atoms with Gasteiger partial charge in [0.25, 0.3) is 0 Å². The summed E-state index contributed by atoms with van der Waals surface area (Å²) in [7, 11) is 0. The van der Waals surface area contributed by atoms with Crippen molar-refractivity contribution in [3.05, 3.63) is 35.9 Å². The molecule has 1 amide bonds. The van der Waals surface area contributed by atoms with E-state index in [4.69, 9.17) is 5.26 Å². The average molecular weight is 242 g/mol. The first-order valence-electron chi connectivity index (χ1n) is 6.53. The molecule has 2 rings (SSSR count). The molecule has 94 valence electrons. The van der Waals surface area contributed by atoms with Gasteiger partial charge in [0, 0.05) is 6.04 Å². The van der Waals surface area contributed by atoms with Gasteiger partial charge in [-0.2, -0.15) is 5.26 Å². The van der Waals surface area contributed by atoms with E-state index >= 15 is 0 Å². The largest absolute Gasteiger partial charge is 0.352 e. The van der Waals surface area contributed by atoms with Crippen LogP contribution in [-0.2, 0) is 11.2 Å². The first-order valence-corrected chi connectivity index (χ1v) is 6.53. The number of hydrogen-bond donors (Lipinski definition) is 1. The second-order valence-corrected chi connectivity index (χ2v) is 4.86. The Morgan fingerprint density at radius 2 is 2.00 bits per heavy atom. The molecular formula is C15H18N2O. The van der Waals surface area contributed by atoms with Crippen LogP contribution in [0.15, 0.2) is 30.3 Å². The third-order valence-electron chi connectivity index (χ3n) is 3.46. The Bertz CT molecular complexity index is 430. The number of nitriles is 1. The maximum atomic E-state index is 12.0. The molecule has 1 saturated carbocycles. The highest BCUT2D eigenvalue weighted by Crippen LogP contribution is 2.18. The number of nitrogens with one attached hydrogen (secondary N) is 1. The van der Waals surface area contributed by atoms with Gasteiger partial charge in [-0.05, 0) is 24.8 Å². The minimum atomic E-state index is -0.576. The smallest absolute Gasteiger partial charge is 0.237 e. The lowest BCUT2D eigenvalue weighted by Gasteiger charge is -2.15. The second kappa shape index (κ2) is 6.20. The Labute approximate surface area is 108 Å². The van der Waals surface area contributed by atoms with Crippen LogP contribution < -0.4 is 5.32 Å². The van der Waals surface area contributed by atoms with Crippen LogP contribution in [0.3, 0.4) is 0 Å². The second-order valence-electron chi connectivity index (χ2n) is 4.86. The van der Waals surface area contributed by atoms with Crippen molar-refractivity contribution >= 4 is 5.91 Å². The van der Waals surface area contributed by atoms with Crippen LogP contribution in [0.4, 0.5) is 0 Å².